The minimum atomic E-state index is -4.41. The number of hydrogen-bond donors (Lipinski definition) is 1. The van der Waals surface area contributed by atoms with E-state index in [-0.39, 0.29) is 23.8 Å². The highest BCUT2D eigenvalue weighted by molar-refractivity contribution is 7.89. The third-order valence-electron chi connectivity index (χ3n) is 5.01. The van der Waals surface area contributed by atoms with Gasteiger partial charge in [-0.3, -0.25) is 4.79 Å². The van der Waals surface area contributed by atoms with Crippen LogP contribution in [0.5, 0.6) is 0 Å². The van der Waals surface area contributed by atoms with Gasteiger partial charge in [-0.15, -0.1) is 0 Å². The number of nitrogens with zero attached hydrogens (tertiary/aromatic N) is 1. The van der Waals surface area contributed by atoms with Gasteiger partial charge in [0.2, 0.25) is 15.9 Å². The van der Waals surface area contributed by atoms with E-state index in [4.69, 9.17) is 0 Å². The highest BCUT2D eigenvalue weighted by Gasteiger charge is 2.30. The van der Waals surface area contributed by atoms with Crippen molar-refractivity contribution < 1.29 is 26.4 Å². The number of nitrogens with one attached hydrogen (secondary N) is 1. The Labute approximate surface area is 173 Å². The number of benzene rings is 2. The Morgan fingerprint density at radius 3 is 2.03 bits per heavy atom. The lowest BCUT2D eigenvalue weighted by molar-refractivity contribution is -0.137. The van der Waals surface area contributed by atoms with Gasteiger partial charge in [0.1, 0.15) is 0 Å². The molecule has 1 N–H and O–H groups in total. The maximum Gasteiger partial charge on any atom is 0.416 e. The van der Waals surface area contributed by atoms with Crippen LogP contribution in [0.4, 0.5) is 13.2 Å². The number of hydrogen-bond acceptors (Lipinski definition) is 3. The van der Waals surface area contributed by atoms with Crippen LogP contribution in [0.15, 0.2) is 53.4 Å². The average molecular weight is 440 g/mol. The first-order valence-electron chi connectivity index (χ1n) is 9.68. The lowest BCUT2D eigenvalue weighted by atomic mass is 10.1. The molecule has 0 spiro atoms. The lowest BCUT2D eigenvalue weighted by Gasteiger charge is -2.25. The van der Waals surface area contributed by atoms with E-state index in [0.29, 0.717) is 18.7 Å². The summed E-state index contributed by atoms with van der Waals surface area (Å²) in [7, 11) is -3.50. The van der Waals surface area contributed by atoms with Gasteiger partial charge >= 0.3 is 6.18 Å². The second-order valence-electron chi connectivity index (χ2n) is 7.26. The van der Waals surface area contributed by atoms with Gasteiger partial charge in [0, 0.05) is 19.6 Å². The number of amides is 1. The summed E-state index contributed by atoms with van der Waals surface area (Å²) in [5, 5.41) is 2.69. The van der Waals surface area contributed by atoms with Gasteiger partial charge in [0.25, 0.3) is 0 Å². The lowest BCUT2D eigenvalue weighted by Crippen LogP contribution is -2.35. The largest absolute Gasteiger partial charge is 0.416 e. The molecule has 2 aromatic rings. The van der Waals surface area contributed by atoms with Gasteiger partial charge in [0.05, 0.1) is 16.9 Å². The maximum absolute atomic E-state index is 12.6. The monoisotopic (exact) mass is 440 g/mol. The van der Waals surface area contributed by atoms with Gasteiger partial charge < -0.3 is 5.32 Å². The molecule has 2 aromatic carbocycles. The van der Waals surface area contributed by atoms with Crippen LogP contribution in [0.25, 0.3) is 0 Å². The number of sulfonamides is 1. The summed E-state index contributed by atoms with van der Waals surface area (Å²) in [4.78, 5) is 12.3. The van der Waals surface area contributed by atoms with E-state index in [2.05, 4.69) is 5.32 Å². The van der Waals surface area contributed by atoms with Gasteiger partial charge in [0.15, 0.2) is 0 Å². The molecular weight excluding hydrogens is 417 g/mol. The van der Waals surface area contributed by atoms with Gasteiger partial charge in [-0.2, -0.15) is 17.5 Å². The van der Waals surface area contributed by atoms with E-state index in [1.54, 1.807) is 12.1 Å². The topological polar surface area (TPSA) is 66.5 Å². The second kappa shape index (κ2) is 9.18. The standard InChI is InChI=1S/C21H23F3N2O3S/c22-21(23,24)18-8-4-16(5-9-18)14-20(27)25-15-17-6-10-19(11-7-17)30(28,29)26-12-2-1-3-13-26/h4-11H,1-3,12-15H2,(H,25,27). The van der Waals surface area contributed by atoms with Crippen LogP contribution in [0.1, 0.15) is 36.0 Å². The summed E-state index contributed by atoms with van der Waals surface area (Å²) >= 11 is 0. The summed E-state index contributed by atoms with van der Waals surface area (Å²) in [6, 6.07) is 10.8. The van der Waals surface area contributed by atoms with Crippen molar-refractivity contribution in [2.24, 2.45) is 0 Å². The van der Waals surface area contributed by atoms with Gasteiger partial charge in [-0.25, -0.2) is 8.42 Å². The van der Waals surface area contributed by atoms with Crippen LogP contribution >= 0.6 is 0 Å². The number of rotatable bonds is 6. The summed E-state index contributed by atoms with van der Waals surface area (Å²) in [5.41, 5.74) is 0.447. The highest BCUT2D eigenvalue weighted by atomic mass is 32.2. The molecule has 3 rings (SSSR count). The molecular formula is C21H23F3N2O3S. The fourth-order valence-electron chi connectivity index (χ4n) is 3.29. The third-order valence-corrected chi connectivity index (χ3v) is 6.92. The molecule has 1 amide bonds. The van der Waals surface area contributed by atoms with Crippen LogP contribution < -0.4 is 5.32 Å². The van der Waals surface area contributed by atoms with Crippen LogP contribution in [-0.4, -0.2) is 31.7 Å². The predicted molar refractivity (Wildman–Crippen MR) is 106 cm³/mol. The Hall–Kier alpha value is -2.39. The molecule has 1 saturated heterocycles. The van der Waals surface area contributed by atoms with E-state index in [1.165, 1.54) is 28.6 Å². The molecule has 162 valence electrons. The van der Waals surface area contributed by atoms with Crippen molar-refractivity contribution in [3.05, 3.63) is 65.2 Å². The van der Waals surface area contributed by atoms with E-state index in [1.807, 2.05) is 0 Å². The zero-order valence-electron chi connectivity index (χ0n) is 16.3. The normalized spacial score (nSPS) is 15.7. The minimum absolute atomic E-state index is 0.0421. The minimum Gasteiger partial charge on any atom is -0.352 e. The smallest absolute Gasteiger partial charge is 0.352 e. The molecule has 1 heterocycles. The third kappa shape index (κ3) is 5.60. The molecule has 0 aromatic heterocycles. The predicted octanol–water partition coefficient (Wildman–Crippen LogP) is 3.74. The first-order valence-corrected chi connectivity index (χ1v) is 11.1. The SMILES string of the molecule is O=C(Cc1ccc(C(F)(F)F)cc1)NCc1ccc(S(=O)(=O)N2CCCCC2)cc1. The number of carbonyl (C=O) groups is 1. The Kier molecular flexibility index (Phi) is 6.82. The van der Waals surface area contributed by atoms with Crippen LogP contribution in [0, 0.1) is 0 Å². The molecule has 1 fully saturated rings. The molecule has 9 heteroatoms. The average Bonchev–Trinajstić information content (AvgIpc) is 2.73. The first kappa shape index (κ1) is 22.3. The molecule has 0 bridgehead atoms. The number of alkyl halides is 3. The second-order valence-corrected chi connectivity index (χ2v) is 9.19. The summed E-state index contributed by atoms with van der Waals surface area (Å²) in [5.74, 6) is -0.334. The maximum atomic E-state index is 12.6. The highest BCUT2D eigenvalue weighted by Crippen LogP contribution is 2.29. The Bertz CT molecular complexity index is 966. The number of piperidine rings is 1. The van der Waals surface area contributed by atoms with Crippen LogP contribution in [0.3, 0.4) is 0 Å². The Balaban J connectivity index is 1.54. The molecule has 5 nitrogen and oxygen atoms in total. The van der Waals surface area contributed by atoms with Crippen molar-refractivity contribution in [3.8, 4) is 0 Å². The van der Waals surface area contributed by atoms with E-state index in [9.17, 15) is 26.4 Å². The number of halogens is 3. The summed E-state index contributed by atoms with van der Waals surface area (Å²) < 4.78 is 64.5. The van der Waals surface area contributed by atoms with E-state index < -0.39 is 21.8 Å². The van der Waals surface area contributed by atoms with E-state index in [0.717, 1.165) is 37.0 Å². The van der Waals surface area contributed by atoms with Crippen LogP contribution in [0.2, 0.25) is 0 Å². The Morgan fingerprint density at radius 2 is 1.47 bits per heavy atom. The zero-order chi connectivity index (χ0) is 21.8. The molecule has 1 aliphatic rings. The van der Waals surface area contributed by atoms with Crippen molar-refractivity contribution in [1.29, 1.82) is 0 Å². The van der Waals surface area contributed by atoms with Crippen molar-refractivity contribution in [3.63, 3.8) is 0 Å². The first-order chi connectivity index (χ1) is 14.2. The number of carbonyl (C=O) groups excluding carboxylic acids is 1. The fraction of sp³-hybridized carbons (Fsp3) is 0.381. The van der Waals surface area contributed by atoms with Crippen molar-refractivity contribution in [2.45, 2.75) is 43.3 Å². The molecule has 0 atom stereocenters. The van der Waals surface area contributed by atoms with Gasteiger partial charge in [-0.05, 0) is 48.2 Å². The van der Waals surface area contributed by atoms with Gasteiger partial charge in [-0.1, -0.05) is 30.7 Å². The zero-order valence-corrected chi connectivity index (χ0v) is 17.1. The summed E-state index contributed by atoms with van der Waals surface area (Å²) in [6.07, 6.45) is -1.68. The fourth-order valence-corrected chi connectivity index (χ4v) is 4.81. The molecule has 0 radical (unpaired) electrons. The molecule has 0 aliphatic carbocycles. The Morgan fingerprint density at radius 1 is 0.900 bits per heavy atom. The molecule has 1 aliphatic heterocycles. The van der Waals surface area contributed by atoms with Crippen molar-refractivity contribution in [2.75, 3.05) is 13.1 Å². The van der Waals surface area contributed by atoms with Crippen molar-refractivity contribution in [1.82, 2.24) is 9.62 Å². The quantitative estimate of drug-likeness (QED) is 0.744. The summed E-state index contributed by atoms with van der Waals surface area (Å²) in [6.45, 7) is 1.26. The molecule has 0 unspecified atom stereocenters. The molecule has 0 saturated carbocycles. The van der Waals surface area contributed by atoms with Crippen LogP contribution in [-0.2, 0) is 34.0 Å². The molecule has 30 heavy (non-hydrogen) atoms. The van der Waals surface area contributed by atoms with Crippen molar-refractivity contribution >= 4 is 15.9 Å². The van der Waals surface area contributed by atoms with E-state index >= 15 is 0 Å².